The minimum absolute atomic E-state index is 0.0152. The van der Waals surface area contributed by atoms with Crippen molar-refractivity contribution < 1.29 is 23.9 Å². The van der Waals surface area contributed by atoms with E-state index in [-0.39, 0.29) is 43.2 Å². The first kappa shape index (κ1) is 26.5. The summed E-state index contributed by atoms with van der Waals surface area (Å²) in [6.45, 7) is 2.15. The number of hydrogen-bond donors (Lipinski definition) is 1. The SMILES string of the molecule is COC(=O)CN(C)C(=O)N(C1CC1)C(c1ccccc1C)C1CCCC1NC(=O)OCc1ccccc1. The number of carbonyl (C=O) groups excluding carboxylic acids is 3. The third-order valence-electron chi connectivity index (χ3n) is 7.38. The Labute approximate surface area is 218 Å². The highest BCUT2D eigenvalue weighted by Gasteiger charge is 2.46. The van der Waals surface area contributed by atoms with Crippen LogP contribution in [0.4, 0.5) is 9.59 Å². The Kier molecular flexibility index (Phi) is 8.69. The molecule has 0 spiro atoms. The van der Waals surface area contributed by atoms with Crippen molar-refractivity contribution in [2.45, 2.75) is 63.8 Å². The van der Waals surface area contributed by atoms with E-state index in [4.69, 9.17) is 9.47 Å². The molecule has 2 aromatic carbocycles. The highest BCUT2D eigenvalue weighted by Crippen LogP contribution is 2.45. The van der Waals surface area contributed by atoms with E-state index < -0.39 is 12.1 Å². The van der Waals surface area contributed by atoms with Gasteiger partial charge in [0.05, 0.1) is 13.2 Å². The third-order valence-corrected chi connectivity index (χ3v) is 7.38. The Balaban J connectivity index is 1.57. The molecule has 8 nitrogen and oxygen atoms in total. The standard InChI is InChI=1S/C29H37N3O5/c1-20-10-7-8-13-23(20)27(32(22-16-17-22)29(35)31(2)18-26(33)36-3)24-14-9-15-25(24)30-28(34)37-19-21-11-5-4-6-12-21/h4-8,10-13,22,24-25,27H,9,14-19H2,1-3H3,(H,30,34). The summed E-state index contributed by atoms with van der Waals surface area (Å²) in [6.07, 6.45) is 4.03. The van der Waals surface area contributed by atoms with Crippen LogP contribution in [0.5, 0.6) is 0 Å². The average molecular weight is 508 g/mol. The first-order valence-corrected chi connectivity index (χ1v) is 13.0. The minimum Gasteiger partial charge on any atom is -0.468 e. The van der Waals surface area contributed by atoms with Gasteiger partial charge in [-0.25, -0.2) is 9.59 Å². The highest BCUT2D eigenvalue weighted by atomic mass is 16.5. The van der Waals surface area contributed by atoms with Gasteiger partial charge in [0, 0.05) is 25.0 Å². The van der Waals surface area contributed by atoms with Crippen LogP contribution in [0.1, 0.15) is 54.8 Å². The van der Waals surface area contributed by atoms with E-state index in [1.807, 2.05) is 47.4 Å². The highest BCUT2D eigenvalue weighted by molar-refractivity contribution is 5.81. The topological polar surface area (TPSA) is 88.2 Å². The van der Waals surface area contributed by atoms with Gasteiger partial charge in [-0.1, -0.05) is 61.0 Å². The fourth-order valence-electron chi connectivity index (χ4n) is 5.35. The van der Waals surface area contributed by atoms with Gasteiger partial charge in [0.1, 0.15) is 13.2 Å². The fraction of sp³-hybridized carbons (Fsp3) is 0.483. The van der Waals surface area contributed by atoms with Crippen LogP contribution in [0.25, 0.3) is 0 Å². The lowest BCUT2D eigenvalue weighted by atomic mass is 9.85. The normalized spacial score (nSPS) is 19.5. The number of rotatable bonds is 9. The van der Waals surface area contributed by atoms with Gasteiger partial charge < -0.3 is 24.6 Å². The number of urea groups is 1. The van der Waals surface area contributed by atoms with Crippen LogP contribution >= 0.6 is 0 Å². The van der Waals surface area contributed by atoms with Crippen LogP contribution in [0.15, 0.2) is 54.6 Å². The van der Waals surface area contributed by atoms with Crippen LogP contribution < -0.4 is 5.32 Å². The van der Waals surface area contributed by atoms with E-state index in [1.54, 1.807) is 7.05 Å². The second-order valence-electron chi connectivity index (χ2n) is 10.1. The number of methoxy groups -OCH3 is 1. The Morgan fingerprint density at radius 1 is 1.00 bits per heavy atom. The Morgan fingerprint density at radius 3 is 2.38 bits per heavy atom. The van der Waals surface area contributed by atoms with E-state index >= 15 is 0 Å². The van der Waals surface area contributed by atoms with E-state index in [2.05, 4.69) is 24.4 Å². The molecule has 2 aliphatic carbocycles. The van der Waals surface area contributed by atoms with Crippen LogP contribution in [-0.4, -0.2) is 60.7 Å². The number of alkyl carbamates (subject to hydrolysis) is 1. The number of ether oxygens (including phenoxy) is 2. The van der Waals surface area contributed by atoms with Crippen molar-refractivity contribution in [3.05, 3.63) is 71.3 Å². The number of benzene rings is 2. The van der Waals surface area contributed by atoms with Crippen molar-refractivity contribution >= 4 is 18.1 Å². The second kappa shape index (κ2) is 12.1. The number of esters is 1. The van der Waals surface area contributed by atoms with Gasteiger partial charge in [-0.05, 0) is 49.3 Å². The predicted octanol–water partition coefficient (Wildman–Crippen LogP) is 4.82. The smallest absolute Gasteiger partial charge is 0.407 e. The molecule has 0 aliphatic heterocycles. The number of carbonyl (C=O) groups is 3. The van der Waals surface area contributed by atoms with Gasteiger partial charge in [0.25, 0.3) is 0 Å². The first-order chi connectivity index (χ1) is 17.9. The quantitative estimate of drug-likeness (QED) is 0.492. The number of nitrogens with zero attached hydrogens (tertiary/aromatic N) is 2. The van der Waals surface area contributed by atoms with Gasteiger partial charge in [-0.3, -0.25) is 4.79 Å². The number of likely N-dealkylation sites (N-methyl/N-ethyl adjacent to an activating group) is 1. The third kappa shape index (κ3) is 6.61. The molecular weight excluding hydrogens is 470 g/mol. The predicted molar refractivity (Wildman–Crippen MR) is 140 cm³/mol. The molecule has 1 N–H and O–H groups in total. The Bertz CT molecular complexity index is 1090. The molecule has 0 heterocycles. The van der Waals surface area contributed by atoms with Gasteiger partial charge >= 0.3 is 18.1 Å². The lowest BCUT2D eigenvalue weighted by Crippen LogP contribution is -2.51. The van der Waals surface area contributed by atoms with Crippen LogP contribution in [0, 0.1) is 12.8 Å². The number of hydrogen-bond acceptors (Lipinski definition) is 5. The summed E-state index contributed by atoms with van der Waals surface area (Å²) < 4.78 is 10.3. The zero-order valence-corrected chi connectivity index (χ0v) is 21.9. The molecule has 2 aliphatic rings. The summed E-state index contributed by atoms with van der Waals surface area (Å²) in [5.41, 5.74) is 3.10. The summed E-state index contributed by atoms with van der Waals surface area (Å²) in [4.78, 5) is 41.9. The van der Waals surface area contributed by atoms with Gasteiger partial charge in [0.15, 0.2) is 0 Å². The Morgan fingerprint density at radius 2 is 1.70 bits per heavy atom. The zero-order valence-electron chi connectivity index (χ0n) is 21.9. The molecule has 0 saturated heterocycles. The van der Waals surface area contributed by atoms with Gasteiger partial charge in [0.2, 0.25) is 0 Å². The maximum absolute atomic E-state index is 13.8. The molecule has 0 radical (unpaired) electrons. The molecule has 2 fully saturated rings. The molecule has 2 saturated carbocycles. The monoisotopic (exact) mass is 507 g/mol. The van der Waals surface area contributed by atoms with E-state index in [1.165, 1.54) is 12.0 Å². The molecular formula is C29H37N3O5. The molecule has 3 atom stereocenters. The number of aryl methyl sites for hydroxylation is 1. The lowest BCUT2D eigenvalue weighted by Gasteiger charge is -2.41. The largest absolute Gasteiger partial charge is 0.468 e. The molecule has 0 bridgehead atoms. The van der Waals surface area contributed by atoms with Crippen LogP contribution in [0.3, 0.4) is 0 Å². The summed E-state index contributed by atoms with van der Waals surface area (Å²) in [7, 11) is 2.95. The van der Waals surface area contributed by atoms with Crippen molar-refractivity contribution in [2.75, 3.05) is 20.7 Å². The lowest BCUT2D eigenvalue weighted by molar-refractivity contribution is -0.141. The molecule has 3 amide bonds. The Hall–Kier alpha value is -3.55. The molecule has 2 aromatic rings. The number of nitrogens with one attached hydrogen (secondary N) is 1. The summed E-state index contributed by atoms with van der Waals surface area (Å²) in [5, 5.41) is 3.11. The van der Waals surface area contributed by atoms with E-state index in [0.717, 1.165) is 48.8 Å². The van der Waals surface area contributed by atoms with Gasteiger partial charge in [-0.2, -0.15) is 0 Å². The molecule has 4 rings (SSSR count). The van der Waals surface area contributed by atoms with Crippen molar-refractivity contribution in [3.63, 3.8) is 0 Å². The first-order valence-electron chi connectivity index (χ1n) is 13.0. The van der Waals surface area contributed by atoms with Crippen molar-refractivity contribution in [1.29, 1.82) is 0 Å². The number of amides is 3. The summed E-state index contributed by atoms with van der Waals surface area (Å²) in [5.74, 6) is -0.443. The summed E-state index contributed by atoms with van der Waals surface area (Å²) >= 11 is 0. The van der Waals surface area contributed by atoms with Gasteiger partial charge in [-0.15, -0.1) is 0 Å². The van der Waals surface area contributed by atoms with Crippen molar-refractivity contribution in [1.82, 2.24) is 15.1 Å². The average Bonchev–Trinajstić information content (AvgIpc) is 3.64. The van der Waals surface area contributed by atoms with Crippen molar-refractivity contribution in [2.24, 2.45) is 5.92 Å². The summed E-state index contributed by atoms with van der Waals surface area (Å²) in [6, 6.07) is 17.3. The van der Waals surface area contributed by atoms with E-state index in [9.17, 15) is 14.4 Å². The molecule has 37 heavy (non-hydrogen) atoms. The zero-order chi connectivity index (χ0) is 26.4. The minimum atomic E-state index is -0.458. The molecule has 0 aromatic heterocycles. The molecule has 8 heteroatoms. The van der Waals surface area contributed by atoms with Crippen LogP contribution in [-0.2, 0) is 20.9 Å². The maximum atomic E-state index is 13.8. The second-order valence-corrected chi connectivity index (χ2v) is 10.1. The maximum Gasteiger partial charge on any atom is 0.407 e. The van der Waals surface area contributed by atoms with E-state index in [0.29, 0.717) is 0 Å². The molecule has 3 unspecified atom stereocenters. The van der Waals surface area contributed by atoms with Crippen molar-refractivity contribution in [3.8, 4) is 0 Å². The van der Waals surface area contributed by atoms with Crippen LogP contribution in [0.2, 0.25) is 0 Å². The molecule has 198 valence electrons. The fourth-order valence-corrected chi connectivity index (χ4v) is 5.35.